The second kappa shape index (κ2) is 3.08. The van der Waals surface area contributed by atoms with Crippen LogP contribution in [0.3, 0.4) is 0 Å². The number of nitro groups is 1. The van der Waals surface area contributed by atoms with Gasteiger partial charge in [-0.15, -0.1) is 0 Å². The lowest BCUT2D eigenvalue weighted by Gasteiger charge is -1.92. The molecule has 0 bridgehead atoms. The molecule has 0 radical (unpaired) electrons. The molecule has 1 heterocycles. The molecule has 0 aliphatic carbocycles. The molecule has 2 rings (SSSR count). The van der Waals surface area contributed by atoms with Gasteiger partial charge in [0.25, 0.3) is 5.69 Å². The third kappa shape index (κ3) is 1.12. The molecule has 0 unspecified atom stereocenters. The van der Waals surface area contributed by atoms with E-state index in [2.05, 4.69) is 10.2 Å². The van der Waals surface area contributed by atoms with Gasteiger partial charge < -0.3 is 5.11 Å². The Morgan fingerprint density at radius 3 is 3.00 bits per heavy atom. The fourth-order valence-corrected chi connectivity index (χ4v) is 1.34. The standard InChI is InChI=1S/C8H7N3O3/c12-4-6-5-2-1-3-7(11(13)14)8(5)10-9-6/h1-3,12H,4H2,(H,9,10). The van der Waals surface area contributed by atoms with Gasteiger partial charge in [-0.1, -0.05) is 12.1 Å². The number of aromatic nitrogens is 2. The molecule has 6 nitrogen and oxygen atoms in total. The predicted octanol–water partition coefficient (Wildman–Crippen LogP) is 0.963. The molecule has 0 aliphatic rings. The maximum absolute atomic E-state index is 10.6. The molecule has 0 saturated heterocycles. The van der Waals surface area contributed by atoms with Crippen LogP contribution in [-0.4, -0.2) is 20.2 Å². The Bertz CT molecular complexity index is 492. The second-order valence-electron chi connectivity index (χ2n) is 2.79. The first-order valence-electron chi connectivity index (χ1n) is 3.95. The second-order valence-corrected chi connectivity index (χ2v) is 2.79. The molecule has 0 atom stereocenters. The van der Waals surface area contributed by atoms with E-state index >= 15 is 0 Å². The molecule has 14 heavy (non-hydrogen) atoms. The number of nitro benzene ring substituents is 1. The van der Waals surface area contributed by atoms with E-state index in [-0.39, 0.29) is 17.8 Å². The number of benzene rings is 1. The highest BCUT2D eigenvalue weighted by Crippen LogP contribution is 2.25. The van der Waals surface area contributed by atoms with Gasteiger partial charge in [0, 0.05) is 11.5 Å². The summed E-state index contributed by atoms with van der Waals surface area (Å²) in [4.78, 5) is 10.1. The van der Waals surface area contributed by atoms with E-state index in [0.29, 0.717) is 11.1 Å². The van der Waals surface area contributed by atoms with Gasteiger partial charge in [0.1, 0.15) is 0 Å². The van der Waals surface area contributed by atoms with Crippen LogP contribution < -0.4 is 0 Å². The summed E-state index contributed by atoms with van der Waals surface area (Å²) in [7, 11) is 0. The van der Waals surface area contributed by atoms with E-state index in [9.17, 15) is 10.1 Å². The van der Waals surface area contributed by atoms with Gasteiger partial charge in [-0.3, -0.25) is 15.2 Å². The van der Waals surface area contributed by atoms with Gasteiger partial charge in [0.2, 0.25) is 0 Å². The summed E-state index contributed by atoms with van der Waals surface area (Å²) < 4.78 is 0. The maximum atomic E-state index is 10.6. The maximum Gasteiger partial charge on any atom is 0.297 e. The number of hydrogen-bond donors (Lipinski definition) is 2. The molecule has 2 aromatic rings. The summed E-state index contributed by atoms with van der Waals surface area (Å²) in [5, 5.41) is 26.4. The summed E-state index contributed by atoms with van der Waals surface area (Å²) in [5.74, 6) is 0. The summed E-state index contributed by atoms with van der Waals surface area (Å²) in [5.41, 5.74) is 0.712. The molecule has 0 saturated carbocycles. The lowest BCUT2D eigenvalue weighted by Crippen LogP contribution is -1.88. The number of aromatic amines is 1. The first-order chi connectivity index (χ1) is 6.74. The first-order valence-corrected chi connectivity index (χ1v) is 3.95. The topological polar surface area (TPSA) is 92.0 Å². The molecule has 6 heteroatoms. The molecule has 1 aromatic heterocycles. The minimum atomic E-state index is -0.496. The smallest absolute Gasteiger partial charge is 0.297 e. The van der Waals surface area contributed by atoms with Crippen molar-refractivity contribution in [2.75, 3.05) is 0 Å². The monoisotopic (exact) mass is 193 g/mol. The molecule has 1 aromatic carbocycles. The van der Waals surface area contributed by atoms with Crippen LogP contribution in [0.15, 0.2) is 18.2 Å². The Kier molecular flexibility index (Phi) is 1.90. The number of hydrogen-bond acceptors (Lipinski definition) is 4. The quantitative estimate of drug-likeness (QED) is 0.548. The van der Waals surface area contributed by atoms with Crippen molar-refractivity contribution < 1.29 is 10.0 Å². The number of non-ortho nitro benzene ring substituents is 1. The molecule has 0 amide bonds. The number of aliphatic hydroxyl groups is 1. The van der Waals surface area contributed by atoms with E-state index in [1.165, 1.54) is 6.07 Å². The number of para-hydroxylation sites is 1. The zero-order valence-electron chi connectivity index (χ0n) is 7.10. The van der Waals surface area contributed by atoms with Crippen molar-refractivity contribution in [1.82, 2.24) is 10.2 Å². The number of nitrogens with zero attached hydrogens (tertiary/aromatic N) is 2. The minimum absolute atomic E-state index is 0.0570. The van der Waals surface area contributed by atoms with Crippen LogP contribution >= 0.6 is 0 Å². The van der Waals surface area contributed by atoms with Crippen molar-refractivity contribution in [2.45, 2.75) is 6.61 Å². The lowest BCUT2D eigenvalue weighted by molar-refractivity contribution is -0.383. The van der Waals surface area contributed by atoms with Crippen LogP contribution in [0.2, 0.25) is 0 Å². The van der Waals surface area contributed by atoms with Gasteiger partial charge in [-0.05, 0) is 0 Å². The third-order valence-electron chi connectivity index (χ3n) is 2.00. The largest absolute Gasteiger partial charge is 0.390 e. The minimum Gasteiger partial charge on any atom is -0.390 e. The SMILES string of the molecule is O=[N+]([O-])c1cccc2c(CO)[nH]nc12. The summed E-state index contributed by atoms with van der Waals surface area (Å²) in [6.45, 7) is -0.211. The van der Waals surface area contributed by atoms with Gasteiger partial charge >= 0.3 is 0 Å². The van der Waals surface area contributed by atoms with E-state index < -0.39 is 4.92 Å². The number of nitrogens with one attached hydrogen (secondary N) is 1. The first kappa shape index (κ1) is 8.64. The summed E-state index contributed by atoms with van der Waals surface area (Å²) in [6, 6.07) is 4.62. The fourth-order valence-electron chi connectivity index (χ4n) is 1.34. The van der Waals surface area contributed by atoms with Crippen molar-refractivity contribution in [2.24, 2.45) is 0 Å². The highest BCUT2D eigenvalue weighted by atomic mass is 16.6. The fraction of sp³-hybridized carbons (Fsp3) is 0.125. The van der Waals surface area contributed by atoms with Crippen molar-refractivity contribution in [3.05, 3.63) is 34.0 Å². The van der Waals surface area contributed by atoms with Gasteiger partial charge in [0.05, 0.1) is 17.2 Å². The Balaban J connectivity index is 2.76. The van der Waals surface area contributed by atoms with Gasteiger partial charge in [0.15, 0.2) is 5.52 Å². The van der Waals surface area contributed by atoms with Crippen LogP contribution in [-0.2, 0) is 6.61 Å². The molecular formula is C8H7N3O3. The number of fused-ring (bicyclic) bond motifs is 1. The number of aliphatic hydroxyl groups excluding tert-OH is 1. The van der Waals surface area contributed by atoms with E-state index in [1.54, 1.807) is 12.1 Å². The molecule has 0 fully saturated rings. The molecule has 0 aliphatic heterocycles. The van der Waals surface area contributed by atoms with Crippen molar-refractivity contribution in [3.63, 3.8) is 0 Å². The Morgan fingerprint density at radius 2 is 2.36 bits per heavy atom. The number of rotatable bonds is 2. The van der Waals surface area contributed by atoms with Crippen molar-refractivity contribution in [1.29, 1.82) is 0 Å². The Labute approximate surface area is 78.3 Å². The van der Waals surface area contributed by atoms with E-state index in [1.807, 2.05) is 0 Å². The highest BCUT2D eigenvalue weighted by molar-refractivity contribution is 5.88. The Hall–Kier alpha value is -1.95. The molecule has 72 valence electrons. The summed E-state index contributed by atoms with van der Waals surface area (Å²) >= 11 is 0. The molecule has 0 spiro atoms. The molecular weight excluding hydrogens is 186 g/mol. The Morgan fingerprint density at radius 1 is 1.57 bits per heavy atom. The number of H-pyrrole nitrogens is 1. The normalized spacial score (nSPS) is 10.6. The van der Waals surface area contributed by atoms with Crippen LogP contribution in [0, 0.1) is 10.1 Å². The zero-order valence-corrected chi connectivity index (χ0v) is 7.10. The van der Waals surface area contributed by atoms with E-state index in [4.69, 9.17) is 5.11 Å². The van der Waals surface area contributed by atoms with Crippen molar-refractivity contribution >= 4 is 16.6 Å². The van der Waals surface area contributed by atoms with Gasteiger partial charge in [-0.2, -0.15) is 5.10 Å². The highest BCUT2D eigenvalue weighted by Gasteiger charge is 2.15. The van der Waals surface area contributed by atoms with Crippen LogP contribution in [0.25, 0.3) is 10.9 Å². The van der Waals surface area contributed by atoms with E-state index in [0.717, 1.165) is 0 Å². The van der Waals surface area contributed by atoms with Crippen LogP contribution in [0.4, 0.5) is 5.69 Å². The third-order valence-corrected chi connectivity index (χ3v) is 2.00. The summed E-state index contributed by atoms with van der Waals surface area (Å²) in [6.07, 6.45) is 0. The average Bonchev–Trinajstić information content (AvgIpc) is 2.59. The molecule has 2 N–H and O–H groups in total. The van der Waals surface area contributed by atoms with Crippen LogP contribution in [0.1, 0.15) is 5.69 Å². The van der Waals surface area contributed by atoms with Crippen LogP contribution in [0.5, 0.6) is 0 Å². The zero-order chi connectivity index (χ0) is 10.1. The average molecular weight is 193 g/mol. The van der Waals surface area contributed by atoms with Gasteiger partial charge in [-0.25, -0.2) is 0 Å². The predicted molar refractivity (Wildman–Crippen MR) is 48.7 cm³/mol. The van der Waals surface area contributed by atoms with Crippen molar-refractivity contribution in [3.8, 4) is 0 Å². The lowest BCUT2D eigenvalue weighted by atomic mass is 10.2.